The largest absolute Gasteiger partial charge is 0.298 e. The lowest BCUT2D eigenvalue weighted by Gasteiger charge is -2.38. The van der Waals surface area contributed by atoms with Crippen LogP contribution in [0.15, 0.2) is 0 Å². The van der Waals surface area contributed by atoms with Crippen molar-refractivity contribution in [3.63, 3.8) is 0 Å². The van der Waals surface area contributed by atoms with Crippen molar-refractivity contribution < 1.29 is 0 Å². The van der Waals surface area contributed by atoms with Crippen LogP contribution in [0.25, 0.3) is 0 Å². The summed E-state index contributed by atoms with van der Waals surface area (Å²) in [5, 5.41) is 0. The summed E-state index contributed by atoms with van der Waals surface area (Å²) < 4.78 is 0. The minimum atomic E-state index is 0.790. The third-order valence-electron chi connectivity index (χ3n) is 3.68. The fourth-order valence-corrected chi connectivity index (χ4v) is 2.67. The second-order valence-electron chi connectivity index (χ2n) is 4.79. The second kappa shape index (κ2) is 6.44. The lowest BCUT2D eigenvalue weighted by atomic mass is 9.93. The molecule has 1 unspecified atom stereocenters. The fraction of sp³-hybridized carbons (Fsp3) is 1.00. The molecule has 0 radical (unpaired) electrons. The van der Waals surface area contributed by atoms with E-state index in [2.05, 4.69) is 25.7 Å². The second-order valence-corrected chi connectivity index (χ2v) is 4.79. The first kappa shape index (κ1) is 12.0. The van der Waals surface area contributed by atoms with Crippen LogP contribution < -0.4 is 0 Å². The summed E-state index contributed by atoms with van der Waals surface area (Å²) in [6, 6.07) is 1.69. The van der Waals surface area contributed by atoms with E-state index in [-0.39, 0.29) is 0 Å². The Balaban J connectivity index is 2.46. The molecule has 1 heteroatoms. The predicted molar refractivity (Wildman–Crippen MR) is 63.6 cm³/mol. The fourth-order valence-electron chi connectivity index (χ4n) is 2.67. The molecule has 0 aliphatic heterocycles. The highest BCUT2D eigenvalue weighted by atomic mass is 15.2. The molecule has 0 N–H and O–H groups in total. The van der Waals surface area contributed by atoms with Gasteiger partial charge in [-0.1, -0.05) is 33.1 Å². The molecule has 0 aromatic heterocycles. The van der Waals surface area contributed by atoms with Crippen molar-refractivity contribution in [2.24, 2.45) is 0 Å². The van der Waals surface area contributed by atoms with Gasteiger partial charge in [-0.05, 0) is 39.2 Å². The van der Waals surface area contributed by atoms with Gasteiger partial charge in [-0.15, -0.1) is 0 Å². The maximum Gasteiger partial charge on any atom is 0.00980 e. The summed E-state index contributed by atoms with van der Waals surface area (Å²) in [5.41, 5.74) is 0. The molecule has 0 saturated heterocycles. The molecule has 0 bridgehead atoms. The maximum atomic E-state index is 2.76. The zero-order valence-electron chi connectivity index (χ0n) is 10.3. The molecule has 84 valence electrons. The van der Waals surface area contributed by atoms with E-state index in [0.717, 1.165) is 12.1 Å². The van der Waals surface area contributed by atoms with Crippen LogP contribution in [0.1, 0.15) is 65.7 Å². The van der Waals surface area contributed by atoms with Gasteiger partial charge < -0.3 is 0 Å². The van der Waals surface area contributed by atoms with E-state index in [1.807, 2.05) is 0 Å². The first-order valence-corrected chi connectivity index (χ1v) is 6.55. The van der Waals surface area contributed by atoms with E-state index in [0.29, 0.717) is 0 Å². The van der Waals surface area contributed by atoms with Gasteiger partial charge >= 0.3 is 0 Å². The molecular weight excluding hydrogens is 170 g/mol. The Kier molecular flexibility index (Phi) is 5.54. The Bertz CT molecular complexity index is 138. The van der Waals surface area contributed by atoms with Crippen molar-refractivity contribution in [2.45, 2.75) is 77.8 Å². The predicted octanol–water partition coefficient (Wildman–Crippen LogP) is 3.83. The van der Waals surface area contributed by atoms with Crippen molar-refractivity contribution in [3.05, 3.63) is 0 Å². The molecule has 0 spiro atoms. The third-order valence-corrected chi connectivity index (χ3v) is 3.68. The standard InChI is InChI=1S/C13H27N/c1-4-11-14(12(3)5-2)13-9-7-6-8-10-13/h12-13H,4-11H2,1-3H3. The third kappa shape index (κ3) is 3.27. The van der Waals surface area contributed by atoms with Gasteiger partial charge in [0.05, 0.1) is 0 Å². The van der Waals surface area contributed by atoms with Crippen molar-refractivity contribution in [1.29, 1.82) is 0 Å². The van der Waals surface area contributed by atoms with Crippen molar-refractivity contribution in [2.75, 3.05) is 6.54 Å². The molecule has 0 aromatic rings. The Labute approximate surface area is 89.9 Å². The smallest absolute Gasteiger partial charge is 0.00980 e. The van der Waals surface area contributed by atoms with Gasteiger partial charge in [-0.25, -0.2) is 0 Å². The first-order chi connectivity index (χ1) is 6.79. The topological polar surface area (TPSA) is 3.24 Å². The van der Waals surface area contributed by atoms with Crippen LogP contribution in [0.5, 0.6) is 0 Å². The van der Waals surface area contributed by atoms with Crippen molar-refractivity contribution in [3.8, 4) is 0 Å². The highest BCUT2D eigenvalue weighted by Crippen LogP contribution is 2.24. The van der Waals surface area contributed by atoms with E-state index < -0.39 is 0 Å². The average Bonchev–Trinajstić information content (AvgIpc) is 2.26. The summed E-state index contributed by atoms with van der Waals surface area (Å²) in [6.07, 6.45) is 9.89. The van der Waals surface area contributed by atoms with Gasteiger partial charge in [0.25, 0.3) is 0 Å². The Morgan fingerprint density at radius 3 is 2.29 bits per heavy atom. The van der Waals surface area contributed by atoms with Gasteiger partial charge in [-0.2, -0.15) is 0 Å². The molecule has 0 aromatic carbocycles. The van der Waals surface area contributed by atoms with Crippen LogP contribution in [-0.4, -0.2) is 23.5 Å². The number of hydrogen-bond donors (Lipinski definition) is 0. The van der Waals surface area contributed by atoms with Crippen LogP contribution in [0.4, 0.5) is 0 Å². The minimum Gasteiger partial charge on any atom is -0.298 e. The molecule has 1 atom stereocenters. The van der Waals surface area contributed by atoms with Gasteiger partial charge in [0.2, 0.25) is 0 Å². The Hall–Kier alpha value is -0.0400. The van der Waals surface area contributed by atoms with Crippen molar-refractivity contribution in [1.82, 2.24) is 4.90 Å². The molecule has 1 aliphatic rings. The summed E-state index contributed by atoms with van der Waals surface area (Å²) >= 11 is 0. The Morgan fingerprint density at radius 1 is 1.14 bits per heavy atom. The van der Waals surface area contributed by atoms with E-state index in [1.54, 1.807) is 0 Å². The summed E-state index contributed by atoms with van der Waals surface area (Å²) in [5.74, 6) is 0. The Morgan fingerprint density at radius 2 is 1.79 bits per heavy atom. The molecule has 1 saturated carbocycles. The van der Waals surface area contributed by atoms with Crippen LogP contribution in [0, 0.1) is 0 Å². The van der Waals surface area contributed by atoms with E-state index in [1.165, 1.54) is 51.5 Å². The average molecular weight is 197 g/mol. The van der Waals surface area contributed by atoms with Crippen molar-refractivity contribution >= 4 is 0 Å². The number of nitrogens with zero attached hydrogens (tertiary/aromatic N) is 1. The van der Waals surface area contributed by atoms with Crippen LogP contribution in [-0.2, 0) is 0 Å². The lowest BCUT2D eigenvalue weighted by Crippen LogP contribution is -2.43. The van der Waals surface area contributed by atoms with E-state index in [9.17, 15) is 0 Å². The number of rotatable bonds is 5. The monoisotopic (exact) mass is 197 g/mol. The first-order valence-electron chi connectivity index (χ1n) is 6.55. The van der Waals surface area contributed by atoms with E-state index >= 15 is 0 Å². The van der Waals surface area contributed by atoms with Gasteiger partial charge in [0.15, 0.2) is 0 Å². The lowest BCUT2D eigenvalue weighted by molar-refractivity contribution is 0.110. The summed E-state index contributed by atoms with van der Waals surface area (Å²) in [6.45, 7) is 8.32. The van der Waals surface area contributed by atoms with Crippen LogP contribution >= 0.6 is 0 Å². The maximum absolute atomic E-state index is 2.76. The molecule has 0 heterocycles. The van der Waals surface area contributed by atoms with Gasteiger partial charge in [-0.3, -0.25) is 4.90 Å². The number of hydrogen-bond acceptors (Lipinski definition) is 1. The van der Waals surface area contributed by atoms with Crippen LogP contribution in [0.3, 0.4) is 0 Å². The molecule has 1 fully saturated rings. The van der Waals surface area contributed by atoms with Gasteiger partial charge in [0.1, 0.15) is 0 Å². The van der Waals surface area contributed by atoms with Gasteiger partial charge in [0, 0.05) is 12.1 Å². The molecule has 1 rings (SSSR count). The zero-order valence-corrected chi connectivity index (χ0v) is 10.3. The summed E-state index contributed by atoms with van der Waals surface area (Å²) in [7, 11) is 0. The highest BCUT2D eigenvalue weighted by molar-refractivity contribution is 4.78. The zero-order chi connectivity index (χ0) is 10.4. The SMILES string of the molecule is CCCN(C(C)CC)C1CCCCC1. The van der Waals surface area contributed by atoms with Crippen LogP contribution in [0.2, 0.25) is 0 Å². The normalized spacial score (nSPS) is 21.4. The molecule has 1 nitrogen and oxygen atoms in total. The molecule has 1 aliphatic carbocycles. The summed E-state index contributed by atoms with van der Waals surface area (Å²) in [4.78, 5) is 2.76. The quantitative estimate of drug-likeness (QED) is 0.647. The van der Waals surface area contributed by atoms with E-state index in [4.69, 9.17) is 0 Å². The molecule has 0 amide bonds. The molecule has 14 heavy (non-hydrogen) atoms. The minimum absolute atomic E-state index is 0.790. The molecular formula is C13H27N. The highest BCUT2D eigenvalue weighted by Gasteiger charge is 2.23.